The molecule has 0 radical (unpaired) electrons. The van der Waals surface area contributed by atoms with Gasteiger partial charge in [0.1, 0.15) is 0 Å². The Labute approximate surface area is 94.5 Å². The smallest absolute Gasteiger partial charge is 0.205 e. The summed E-state index contributed by atoms with van der Waals surface area (Å²) >= 11 is 6.00. The summed E-state index contributed by atoms with van der Waals surface area (Å²) in [5, 5.41) is 12.7. The Balaban J connectivity index is 2.93. The maximum atomic E-state index is 9.13. The summed E-state index contributed by atoms with van der Waals surface area (Å²) in [5.41, 5.74) is 2.15. The number of aliphatic hydroxyl groups excluding tert-OH is 1. The van der Waals surface area contributed by atoms with Gasteiger partial charge in [-0.25, -0.2) is 4.85 Å². The van der Waals surface area contributed by atoms with E-state index in [-0.39, 0.29) is 0 Å². The van der Waals surface area contributed by atoms with Crippen molar-refractivity contribution in [2.45, 2.75) is 20.0 Å². The minimum absolute atomic E-state index is 0.413. The number of hydrogen-bond donors (Lipinski definition) is 2. The van der Waals surface area contributed by atoms with Crippen molar-refractivity contribution in [2.24, 2.45) is 0 Å². The fourth-order valence-electron chi connectivity index (χ4n) is 1.21. The van der Waals surface area contributed by atoms with Crippen LogP contribution in [-0.2, 0) is 0 Å². The van der Waals surface area contributed by atoms with Gasteiger partial charge in [0.25, 0.3) is 0 Å². The van der Waals surface area contributed by atoms with E-state index in [2.05, 4.69) is 10.2 Å². The van der Waals surface area contributed by atoms with Crippen molar-refractivity contribution in [1.82, 2.24) is 0 Å². The zero-order valence-electron chi connectivity index (χ0n) is 8.71. The lowest BCUT2D eigenvalue weighted by Crippen LogP contribution is -2.15. The number of halogens is 1. The third-order valence-electron chi connectivity index (χ3n) is 2.07. The molecule has 0 spiro atoms. The lowest BCUT2D eigenvalue weighted by molar-refractivity contribution is 0.208. The Morgan fingerprint density at radius 2 is 2.27 bits per heavy atom. The highest BCUT2D eigenvalue weighted by Gasteiger charge is 2.07. The Morgan fingerprint density at radius 3 is 2.80 bits per heavy atom. The van der Waals surface area contributed by atoms with Crippen LogP contribution in [0, 0.1) is 13.5 Å². The SMILES string of the molecule is [C-]#[N+]c1ccc(NC[C@@H](C)O)c(C)c1Cl. The Bertz CT molecular complexity index is 396. The Kier molecular flexibility index (Phi) is 3.96. The van der Waals surface area contributed by atoms with Crippen molar-refractivity contribution in [1.29, 1.82) is 0 Å². The van der Waals surface area contributed by atoms with Crippen molar-refractivity contribution in [3.8, 4) is 0 Å². The molecule has 0 fully saturated rings. The first-order valence-corrected chi connectivity index (χ1v) is 5.02. The predicted octanol–water partition coefficient (Wildman–Crippen LogP) is 2.99. The molecule has 80 valence electrons. The molecule has 0 heterocycles. The number of anilines is 1. The molecule has 1 aromatic rings. The number of nitrogens with zero attached hydrogens (tertiary/aromatic N) is 1. The Hall–Kier alpha value is -1.24. The summed E-state index contributed by atoms with van der Waals surface area (Å²) in [6, 6.07) is 3.48. The van der Waals surface area contributed by atoms with Crippen LogP contribution in [-0.4, -0.2) is 17.8 Å². The summed E-state index contributed by atoms with van der Waals surface area (Å²) in [6.45, 7) is 10.9. The first kappa shape index (κ1) is 11.8. The van der Waals surface area contributed by atoms with E-state index in [0.29, 0.717) is 17.3 Å². The van der Waals surface area contributed by atoms with E-state index >= 15 is 0 Å². The lowest BCUT2D eigenvalue weighted by Gasteiger charge is -2.12. The molecular formula is C11H13ClN2O. The van der Waals surface area contributed by atoms with Gasteiger partial charge in [-0.1, -0.05) is 17.7 Å². The third-order valence-corrected chi connectivity index (χ3v) is 2.55. The first-order valence-electron chi connectivity index (χ1n) is 4.64. The number of hydrogen-bond acceptors (Lipinski definition) is 2. The Morgan fingerprint density at radius 1 is 1.60 bits per heavy atom. The lowest BCUT2D eigenvalue weighted by atomic mass is 10.1. The molecule has 4 heteroatoms. The van der Waals surface area contributed by atoms with E-state index in [1.165, 1.54) is 0 Å². The van der Waals surface area contributed by atoms with E-state index in [0.717, 1.165) is 11.3 Å². The standard InChI is InChI=1S/C11H13ClN2O/c1-7(15)6-14-9-4-5-10(13-3)11(12)8(9)2/h4-5,7,14-15H,6H2,1-2H3/t7-/m1/s1. The van der Waals surface area contributed by atoms with Crippen LogP contribution in [0.25, 0.3) is 4.85 Å². The van der Waals surface area contributed by atoms with Crippen molar-refractivity contribution in [3.05, 3.63) is 34.1 Å². The molecule has 3 nitrogen and oxygen atoms in total. The van der Waals surface area contributed by atoms with Gasteiger partial charge in [-0.3, -0.25) is 0 Å². The second-order valence-corrected chi connectivity index (χ2v) is 3.79. The molecule has 0 amide bonds. The molecule has 0 saturated heterocycles. The van der Waals surface area contributed by atoms with Crippen molar-refractivity contribution in [3.63, 3.8) is 0 Å². The number of nitrogens with one attached hydrogen (secondary N) is 1. The average molecular weight is 225 g/mol. The largest absolute Gasteiger partial charge is 0.392 e. The molecule has 15 heavy (non-hydrogen) atoms. The van der Waals surface area contributed by atoms with Gasteiger partial charge < -0.3 is 10.4 Å². The number of aliphatic hydroxyl groups is 1. The third kappa shape index (κ3) is 2.85. The van der Waals surface area contributed by atoms with Gasteiger partial charge in [0.05, 0.1) is 17.7 Å². The van der Waals surface area contributed by atoms with Crippen LogP contribution in [0.3, 0.4) is 0 Å². The molecule has 0 aliphatic carbocycles. The van der Waals surface area contributed by atoms with Gasteiger partial charge in [0.15, 0.2) is 0 Å². The molecule has 1 rings (SSSR count). The number of rotatable bonds is 3. The molecule has 1 aromatic carbocycles. The van der Waals surface area contributed by atoms with Crippen LogP contribution in [0.1, 0.15) is 12.5 Å². The monoisotopic (exact) mass is 224 g/mol. The molecule has 0 aromatic heterocycles. The van der Waals surface area contributed by atoms with Crippen molar-refractivity contribution >= 4 is 23.0 Å². The van der Waals surface area contributed by atoms with Crippen LogP contribution >= 0.6 is 11.6 Å². The van der Waals surface area contributed by atoms with Gasteiger partial charge >= 0.3 is 0 Å². The van der Waals surface area contributed by atoms with E-state index in [1.54, 1.807) is 19.1 Å². The zero-order valence-corrected chi connectivity index (χ0v) is 9.47. The quantitative estimate of drug-likeness (QED) is 0.775. The van der Waals surface area contributed by atoms with Crippen LogP contribution in [0.4, 0.5) is 11.4 Å². The summed E-state index contributed by atoms with van der Waals surface area (Å²) in [5.74, 6) is 0. The summed E-state index contributed by atoms with van der Waals surface area (Å²) < 4.78 is 0. The summed E-state index contributed by atoms with van der Waals surface area (Å²) in [6.07, 6.45) is -0.413. The van der Waals surface area contributed by atoms with Crippen LogP contribution in [0.2, 0.25) is 5.02 Å². The fourth-order valence-corrected chi connectivity index (χ4v) is 1.41. The molecule has 0 bridgehead atoms. The molecule has 0 aliphatic heterocycles. The second kappa shape index (κ2) is 5.01. The summed E-state index contributed by atoms with van der Waals surface area (Å²) in [4.78, 5) is 3.31. The maximum Gasteiger partial charge on any atom is 0.205 e. The van der Waals surface area contributed by atoms with Gasteiger partial charge in [0, 0.05) is 12.2 Å². The highest BCUT2D eigenvalue weighted by Crippen LogP contribution is 2.32. The van der Waals surface area contributed by atoms with Gasteiger partial charge in [-0.05, 0) is 25.5 Å². The summed E-state index contributed by atoms with van der Waals surface area (Å²) in [7, 11) is 0. The van der Waals surface area contributed by atoms with Crippen molar-refractivity contribution < 1.29 is 5.11 Å². The molecule has 1 atom stereocenters. The van der Waals surface area contributed by atoms with E-state index in [4.69, 9.17) is 23.3 Å². The normalized spacial score (nSPS) is 11.9. The molecule has 0 saturated carbocycles. The van der Waals surface area contributed by atoms with Gasteiger partial charge in [-0.2, -0.15) is 0 Å². The van der Waals surface area contributed by atoms with Gasteiger partial charge in [0.2, 0.25) is 5.69 Å². The highest BCUT2D eigenvalue weighted by molar-refractivity contribution is 6.34. The molecule has 0 unspecified atom stereocenters. The van der Waals surface area contributed by atoms with Gasteiger partial charge in [-0.15, -0.1) is 0 Å². The minimum atomic E-state index is -0.413. The molecular weight excluding hydrogens is 212 g/mol. The highest BCUT2D eigenvalue weighted by atomic mass is 35.5. The molecule has 0 aliphatic rings. The van der Waals surface area contributed by atoms with Crippen LogP contribution in [0.5, 0.6) is 0 Å². The molecule has 2 N–H and O–H groups in total. The minimum Gasteiger partial charge on any atom is -0.392 e. The van der Waals surface area contributed by atoms with Crippen LogP contribution in [0.15, 0.2) is 12.1 Å². The zero-order chi connectivity index (χ0) is 11.4. The second-order valence-electron chi connectivity index (χ2n) is 3.41. The first-order chi connectivity index (χ1) is 7.06. The van der Waals surface area contributed by atoms with Crippen molar-refractivity contribution in [2.75, 3.05) is 11.9 Å². The number of benzene rings is 1. The topological polar surface area (TPSA) is 36.6 Å². The van der Waals surface area contributed by atoms with E-state index in [1.807, 2.05) is 6.92 Å². The average Bonchev–Trinajstić information content (AvgIpc) is 2.20. The van der Waals surface area contributed by atoms with E-state index < -0.39 is 6.10 Å². The fraction of sp³-hybridized carbons (Fsp3) is 0.364. The van der Waals surface area contributed by atoms with Crippen LogP contribution < -0.4 is 5.32 Å². The maximum absolute atomic E-state index is 9.13. The predicted molar refractivity (Wildman–Crippen MR) is 62.6 cm³/mol. The van der Waals surface area contributed by atoms with E-state index in [9.17, 15) is 0 Å².